The Kier molecular flexibility index (Phi) is 6.72. The van der Waals surface area contributed by atoms with Crippen LogP contribution in [0, 0.1) is 5.82 Å². The van der Waals surface area contributed by atoms with Crippen molar-refractivity contribution in [1.82, 2.24) is 20.4 Å². The summed E-state index contributed by atoms with van der Waals surface area (Å²) in [4.78, 5) is 19.6. The number of methoxy groups -OCH3 is 1. The zero-order valence-electron chi connectivity index (χ0n) is 20.9. The van der Waals surface area contributed by atoms with Gasteiger partial charge >= 0.3 is 6.03 Å². The van der Waals surface area contributed by atoms with Crippen molar-refractivity contribution in [2.24, 2.45) is 0 Å². The molecule has 8 heteroatoms. The second-order valence-electron chi connectivity index (χ2n) is 8.85. The van der Waals surface area contributed by atoms with E-state index < -0.39 is 6.04 Å². The highest BCUT2D eigenvalue weighted by atomic mass is 19.1. The van der Waals surface area contributed by atoms with E-state index in [9.17, 15) is 9.18 Å². The Hall–Kier alpha value is -4.46. The summed E-state index contributed by atoms with van der Waals surface area (Å²) in [7, 11) is 1.61. The van der Waals surface area contributed by atoms with E-state index in [-0.39, 0.29) is 23.6 Å². The molecule has 0 saturated carbocycles. The molecule has 1 atom stereocenters. The number of halogens is 1. The topological polar surface area (TPSA) is 80.5 Å². The summed E-state index contributed by atoms with van der Waals surface area (Å²) < 4.78 is 24.9. The quantitative estimate of drug-likeness (QED) is 0.331. The van der Waals surface area contributed by atoms with Crippen molar-refractivity contribution in [3.63, 3.8) is 0 Å². The van der Waals surface area contributed by atoms with Crippen molar-refractivity contribution in [2.75, 3.05) is 7.11 Å². The number of benzene rings is 3. The third kappa shape index (κ3) is 4.95. The number of urea groups is 1. The predicted molar refractivity (Wildman–Crippen MR) is 138 cm³/mol. The van der Waals surface area contributed by atoms with Gasteiger partial charge in [-0.1, -0.05) is 60.6 Å². The van der Waals surface area contributed by atoms with E-state index >= 15 is 0 Å². The van der Waals surface area contributed by atoms with Gasteiger partial charge in [0.2, 0.25) is 5.82 Å². The molecular formula is C29H27FN4O3. The summed E-state index contributed by atoms with van der Waals surface area (Å²) in [6, 6.07) is 21.0. The van der Waals surface area contributed by atoms with Crippen LogP contribution in [0.2, 0.25) is 0 Å². The van der Waals surface area contributed by atoms with Crippen LogP contribution in [0.1, 0.15) is 42.5 Å². The molecule has 4 aromatic rings. The molecule has 0 bridgehead atoms. The fourth-order valence-electron chi connectivity index (χ4n) is 4.48. The predicted octanol–water partition coefficient (Wildman–Crippen LogP) is 6.14. The summed E-state index contributed by atoms with van der Waals surface area (Å²) in [5.41, 5.74) is 4.87. The molecule has 0 saturated heterocycles. The number of nitrogens with zero attached hydrogens (tertiary/aromatic N) is 3. The maximum Gasteiger partial charge on any atom is 0.322 e. The number of aryl methyl sites for hydroxylation is 1. The second kappa shape index (κ2) is 10.3. The number of allylic oxidation sites excluding steroid dienone is 1. The molecule has 0 spiro atoms. The monoisotopic (exact) mass is 498 g/mol. The molecule has 0 fully saturated rings. The Morgan fingerprint density at radius 2 is 1.84 bits per heavy atom. The normalized spacial score (nSPS) is 15.6. The molecule has 188 valence electrons. The number of aromatic nitrogens is 2. The van der Waals surface area contributed by atoms with E-state index in [1.807, 2.05) is 55.5 Å². The average Bonchev–Trinajstić information content (AvgIpc) is 3.41. The van der Waals surface area contributed by atoms with Crippen LogP contribution in [0.25, 0.3) is 17.0 Å². The Morgan fingerprint density at radius 1 is 1.05 bits per heavy atom. The van der Waals surface area contributed by atoms with Crippen LogP contribution in [-0.4, -0.2) is 28.2 Å². The molecule has 1 N–H and O–H groups in total. The lowest BCUT2D eigenvalue weighted by Gasteiger charge is -2.35. The smallest absolute Gasteiger partial charge is 0.322 e. The van der Waals surface area contributed by atoms with Gasteiger partial charge in [0.15, 0.2) is 0 Å². The van der Waals surface area contributed by atoms with Crippen LogP contribution in [0.3, 0.4) is 0 Å². The standard InChI is InChI=1S/C29H27FN4O3/c1-4-19-11-13-21(14-12-19)26-25(28-32-27(33-37-28)22-8-6-9-23(30)16-22)18(2)34(29(35)31-26)17-20-7-5-10-24(15-20)36-3/h5-16,26H,4,17H2,1-3H3,(H,31,35). The van der Waals surface area contributed by atoms with Gasteiger partial charge in [-0.2, -0.15) is 4.98 Å². The first-order valence-electron chi connectivity index (χ1n) is 12.1. The lowest BCUT2D eigenvalue weighted by Crippen LogP contribution is -2.45. The van der Waals surface area contributed by atoms with Crippen molar-refractivity contribution in [2.45, 2.75) is 32.9 Å². The summed E-state index contributed by atoms with van der Waals surface area (Å²) in [5.74, 6) is 0.855. The van der Waals surface area contributed by atoms with Gasteiger partial charge in [0, 0.05) is 11.3 Å². The molecule has 0 radical (unpaired) electrons. The maximum absolute atomic E-state index is 13.8. The van der Waals surface area contributed by atoms with Gasteiger partial charge in [-0.25, -0.2) is 9.18 Å². The summed E-state index contributed by atoms with van der Waals surface area (Å²) >= 11 is 0. The molecule has 2 heterocycles. The van der Waals surface area contributed by atoms with Gasteiger partial charge < -0.3 is 14.6 Å². The Morgan fingerprint density at radius 3 is 2.57 bits per heavy atom. The fraction of sp³-hybridized carbons (Fsp3) is 0.207. The van der Waals surface area contributed by atoms with Gasteiger partial charge in [0.25, 0.3) is 5.89 Å². The van der Waals surface area contributed by atoms with Crippen LogP contribution in [0.5, 0.6) is 5.75 Å². The van der Waals surface area contributed by atoms with E-state index in [2.05, 4.69) is 22.4 Å². The van der Waals surface area contributed by atoms with Crippen LogP contribution < -0.4 is 10.1 Å². The van der Waals surface area contributed by atoms with Crippen LogP contribution in [-0.2, 0) is 13.0 Å². The second-order valence-corrected chi connectivity index (χ2v) is 8.85. The van der Waals surface area contributed by atoms with Crippen molar-refractivity contribution in [3.05, 3.63) is 107 Å². The van der Waals surface area contributed by atoms with Gasteiger partial charge in [-0.05, 0) is 54.3 Å². The first kappa shape index (κ1) is 24.2. The number of amides is 2. The van der Waals surface area contributed by atoms with E-state index in [0.29, 0.717) is 29.1 Å². The minimum Gasteiger partial charge on any atom is -0.497 e. The summed E-state index contributed by atoms with van der Waals surface area (Å²) in [6.45, 7) is 4.29. The first-order valence-corrected chi connectivity index (χ1v) is 12.1. The van der Waals surface area contributed by atoms with Crippen LogP contribution >= 0.6 is 0 Å². The number of ether oxygens (including phenoxy) is 1. The molecule has 3 aromatic carbocycles. The number of nitrogens with one attached hydrogen (secondary N) is 1. The highest BCUT2D eigenvalue weighted by Crippen LogP contribution is 2.38. The van der Waals surface area contributed by atoms with Gasteiger partial charge in [-0.3, -0.25) is 4.90 Å². The molecule has 5 rings (SSSR count). The van der Waals surface area contributed by atoms with E-state index in [4.69, 9.17) is 9.26 Å². The zero-order valence-corrected chi connectivity index (χ0v) is 20.9. The number of carbonyl (C=O) groups excluding carboxylic acids is 1. The number of hydrogen-bond donors (Lipinski definition) is 1. The average molecular weight is 499 g/mol. The third-order valence-corrected chi connectivity index (χ3v) is 6.53. The highest BCUT2D eigenvalue weighted by molar-refractivity contribution is 5.87. The van der Waals surface area contributed by atoms with Crippen molar-refractivity contribution < 1.29 is 18.4 Å². The Balaban J connectivity index is 1.59. The third-order valence-electron chi connectivity index (χ3n) is 6.53. The van der Waals surface area contributed by atoms with Gasteiger partial charge in [0.1, 0.15) is 11.6 Å². The Bertz CT molecular complexity index is 1460. The molecule has 0 aliphatic carbocycles. The number of rotatable bonds is 7. The molecular weight excluding hydrogens is 471 g/mol. The van der Waals surface area contributed by atoms with Crippen LogP contribution in [0.15, 0.2) is 83.0 Å². The molecule has 1 aliphatic rings. The molecule has 1 unspecified atom stereocenters. The number of carbonyl (C=O) groups is 1. The number of hydrogen-bond acceptors (Lipinski definition) is 5. The molecule has 37 heavy (non-hydrogen) atoms. The fourth-order valence-corrected chi connectivity index (χ4v) is 4.48. The zero-order chi connectivity index (χ0) is 25.9. The summed E-state index contributed by atoms with van der Waals surface area (Å²) in [6.07, 6.45) is 0.911. The van der Waals surface area contributed by atoms with Gasteiger partial charge in [0.05, 0.1) is 25.3 Å². The van der Waals surface area contributed by atoms with Gasteiger partial charge in [-0.15, -0.1) is 0 Å². The largest absolute Gasteiger partial charge is 0.497 e. The van der Waals surface area contributed by atoms with E-state index in [1.165, 1.54) is 17.7 Å². The van der Waals surface area contributed by atoms with E-state index in [1.54, 1.807) is 24.1 Å². The Labute approximate surface area is 214 Å². The lowest BCUT2D eigenvalue weighted by atomic mass is 9.93. The SMILES string of the molecule is CCc1ccc(C2NC(=O)N(Cc3cccc(OC)c3)C(C)=C2c2nc(-c3cccc(F)c3)no2)cc1. The molecule has 1 aliphatic heterocycles. The minimum absolute atomic E-state index is 0.237. The first-order chi connectivity index (χ1) is 18.0. The highest BCUT2D eigenvalue weighted by Gasteiger charge is 2.35. The molecule has 2 amide bonds. The van der Waals surface area contributed by atoms with Crippen molar-refractivity contribution >= 4 is 11.6 Å². The summed E-state index contributed by atoms with van der Waals surface area (Å²) in [5, 5.41) is 7.23. The van der Waals surface area contributed by atoms with E-state index in [0.717, 1.165) is 17.5 Å². The molecule has 1 aromatic heterocycles. The maximum atomic E-state index is 13.8. The van der Waals surface area contributed by atoms with Crippen molar-refractivity contribution in [1.29, 1.82) is 0 Å². The van der Waals surface area contributed by atoms with Crippen molar-refractivity contribution in [3.8, 4) is 17.1 Å². The van der Waals surface area contributed by atoms with Crippen LogP contribution in [0.4, 0.5) is 9.18 Å². The lowest BCUT2D eigenvalue weighted by molar-refractivity contribution is 0.203. The molecule has 7 nitrogen and oxygen atoms in total. The minimum atomic E-state index is -0.499.